The van der Waals surface area contributed by atoms with Gasteiger partial charge in [-0.15, -0.1) is 0 Å². The highest BCUT2D eigenvalue weighted by Gasteiger charge is 2.22. The number of amides is 2. The SMILES string of the molecule is COc1ccc(NCCNC(=O)[C@H](Cc2ccc(Oc3ccccc3C)cc2)NC(=O)c2cccc(C)c2)cc1. The van der Waals surface area contributed by atoms with E-state index in [2.05, 4.69) is 16.0 Å². The second-order valence-corrected chi connectivity index (χ2v) is 9.56. The van der Waals surface area contributed by atoms with Gasteiger partial charge in [0.1, 0.15) is 23.3 Å². The Balaban J connectivity index is 1.40. The van der Waals surface area contributed by atoms with Crippen molar-refractivity contribution in [2.24, 2.45) is 0 Å². The van der Waals surface area contributed by atoms with Crippen molar-refractivity contribution in [3.05, 3.63) is 119 Å². The molecule has 206 valence electrons. The molecular formula is C33H35N3O4. The Hall–Kier alpha value is -4.78. The third-order valence-corrected chi connectivity index (χ3v) is 6.43. The third kappa shape index (κ3) is 8.11. The normalized spacial score (nSPS) is 11.3. The van der Waals surface area contributed by atoms with Crippen LogP contribution in [0.4, 0.5) is 5.69 Å². The highest BCUT2D eigenvalue weighted by atomic mass is 16.5. The van der Waals surface area contributed by atoms with Gasteiger partial charge in [0.2, 0.25) is 5.91 Å². The van der Waals surface area contributed by atoms with E-state index in [4.69, 9.17) is 9.47 Å². The van der Waals surface area contributed by atoms with Crippen LogP contribution in [0.3, 0.4) is 0 Å². The molecule has 0 spiro atoms. The van der Waals surface area contributed by atoms with E-state index >= 15 is 0 Å². The van der Waals surface area contributed by atoms with E-state index < -0.39 is 6.04 Å². The molecule has 0 saturated carbocycles. The van der Waals surface area contributed by atoms with Gasteiger partial charge in [0.25, 0.3) is 5.91 Å². The van der Waals surface area contributed by atoms with Crippen molar-refractivity contribution in [1.82, 2.24) is 10.6 Å². The molecule has 0 unspecified atom stereocenters. The largest absolute Gasteiger partial charge is 0.497 e. The van der Waals surface area contributed by atoms with E-state index in [1.54, 1.807) is 19.2 Å². The summed E-state index contributed by atoms with van der Waals surface area (Å²) in [4.78, 5) is 26.3. The van der Waals surface area contributed by atoms with Crippen LogP contribution in [0.15, 0.2) is 97.1 Å². The topological polar surface area (TPSA) is 88.7 Å². The summed E-state index contributed by atoms with van der Waals surface area (Å²) in [7, 11) is 1.62. The van der Waals surface area contributed by atoms with Crippen LogP contribution in [-0.2, 0) is 11.2 Å². The summed E-state index contributed by atoms with van der Waals surface area (Å²) >= 11 is 0. The number of anilines is 1. The number of rotatable bonds is 12. The molecule has 40 heavy (non-hydrogen) atoms. The van der Waals surface area contributed by atoms with Crippen molar-refractivity contribution in [2.75, 3.05) is 25.5 Å². The zero-order valence-electron chi connectivity index (χ0n) is 23.1. The molecule has 7 nitrogen and oxygen atoms in total. The van der Waals surface area contributed by atoms with Crippen molar-refractivity contribution in [3.8, 4) is 17.2 Å². The van der Waals surface area contributed by atoms with E-state index in [1.807, 2.05) is 98.8 Å². The first-order valence-corrected chi connectivity index (χ1v) is 13.3. The number of hydrogen-bond acceptors (Lipinski definition) is 5. The van der Waals surface area contributed by atoms with Crippen molar-refractivity contribution >= 4 is 17.5 Å². The summed E-state index contributed by atoms with van der Waals surface area (Å²) in [6.45, 7) is 4.85. The summed E-state index contributed by atoms with van der Waals surface area (Å²) in [6, 6.07) is 29.5. The molecule has 4 aromatic carbocycles. The molecule has 0 fully saturated rings. The predicted molar refractivity (Wildman–Crippen MR) is 158 cm³/mol. The fourth-order valence-corrected chi connectivity index (χ4v) is 4.19. The molecule has 7 heteroatoms. The zero-order valence-corrected chi connectivity index (χ0v) is 23.1. The van der Waals surface area contributed by atoms with Crippen LogP contribution < -0.4 is 25.4 Å². The molecule has 0 bridgehead atoms. The van der Waals surface area contributed by atoms with Crippen molar-refractivity contribution in [2.45, 2.75) is 26.3 Å². The van der Waals surface area contributed by atoms with Gasteiger partial charge in [-0.2, -0.15) is 0 Å². The monoisotopic (exact) mass is 537 g/mol. The fraction of sp³-hybridized carbons (Fsp3) is 0.212. The average Bonchev–Trinajstić information content (AvgIpc) is 2.97. The van der Waals surface area contributed by atoms with Crippen LogP contribution >= 0.6 is 0 Å². The number of para-hydroxylation sites is 1. The number of methoxy groups -OCH3 is 1. The zero-order chi connectivity index (χ0) is 28.3. The molecule has 1 atom stereocenters. The van der Waals surface area contributed by atoms with Crippen LogP contribution in [0, 0.1) is 13.8 Å². The summed E-state index contributed by atoms with van der Waals surface area (Å²) in [5.74, 6) is 1.73. The number of aryl methyl sites for hydroxylation is 2. The van der Waals surface area contributed by atoms with Gasteiger partial charge in [-0.05, 0) is 79.6 Å². The lowest BCUT2D eigenvalue weighted by atomic mass is 10.0. The van der Waals surface area contributed by atoms with Gasteiger partial charge in [0.05, 0.1) is 7.11 Å². The van der Waals surface area contributed by atoms with E-state index in [-0.39, 0.29) is 11.8 Å². The summed E-state index contributed by atoms with van der Waals surface area (Å²) in [5.41, 5.74) is 4.36. The van der Waals surface area contributed by atoms with Gasteiger partial charge < -0.3 is 25.4 Å². The number of hydrogen-bond donors (Lipinski definition) is 3. The lowest BCUT2D eigenvalue weighted by molar-refractivity contribution is -0.122. The highest BCUT2D eigenvalue weighted by molar-refractivity contribution is 5.97. The molecule has 4 rings (SSSR count). The summed E-state index contributed by atoms with van der Waals surface area (Å²) in [6.07, 6.45) is 0.333. The Morgan fingerprint density at radius 1 is 0.800 bits per heavy atom. The van der Waals surface area contributed by atoms with Crippen molar-refractivity contribution in [3.63, 3.8) is 0 Å². The van der Waals surface area contributed by atoms with Gasteiger partial charge in [-0.3, -0.25) is 9.59 Å². The van der Waals surface area contributed by atoms with E-state index in [0.29, 0.717) is 30.8 Å². The molecule has 0 aliphatic heterocycles. The Bertz CT molecular complexity index is 1420. The van der Waals surface area contributed by atoms with Gasteiger partial charge in [0.15, 0.2) is 0 Å². The number of benzene rings is 4. The molecule has 3 N–H and O–H groups in total. The maximum absolute atomic E-state index is 13.2. The van der Waals surface area contributed by atoms with Gasteiger partial charge in [-0.25, -0.2) is 0 Å². The Morgan fingerprint density at radius 3 is 2.23 bits per heavy atom. The number of nitrogens with one attached hydrogen (secondary N) is 3. The molecule has 0 aromatic heterocycles. The third-order valence-electron chi connectivity index (χ3n) is 6.43. The first kappa shape index (κ1) is 28.2. The van der Waals surface area contributed by atoms with Crippen LogP contribution in [0.25, 0.3) is 0 Å². The Kier molecular flexibility index (Phi) is 9.77. The van der Waals surface area contributed by atoms with Crippen LogP contribution in [-0.4, -0.2) is 38.1 Å². The first-order valence-electron chi connectivity index (χ1n) is 13.3. The quantitative estimate of drug-likeness (QED) is 0.203. The lowest BCUT2D eigenvalue weighted by Crippen LogP contribution is -2.48. The molecule has 0 heterocycles. The number of carbonyl (C=O) groups is 2. The second kappa shape index (κ2) is 13.8. The Morgan fingerprint density at radius 2 is 1.52 bits per heavy atom. The molecule has 0 aliphatic carbocycles. The van der Waals surface area contributed by atoms with E-state index in [0.717, 1.165) is 33.9 Å². The minimum absolute atomic E-state index is 0.252. The van der Waals surface area contributed by atoms with Gasteiger partial charge >= 0.3 is 0 Å². The van der Waals surface area contributed by atoms with Gasteiger partial charge in [0, 0.05) is 30.8 Å². The van der Waals surface area contributed by atoms with E-state index in [9.17, 15) is 9.59 Å². The molecule has 2 amide bonds. The maximum atomic E-state index is 13.2. The first-order chi connectivity index (χ1) is 19.4. The maximum Gasteiger partial charge on any atom is 0.251 e. The molecule has 0 radical (unpaired) electrons. The molecule has 0 aliphatic rings. The minimum Gasteiger partial charge on any atom is -0.497 e. The fourth-order valence-electron chi connectivity index (χ4n) is 4.19. The Labute approximate surface area is 235 Å². The highest BCUT2D eigenvalue weighted by Crippen LogP contribution is 2.25. The van der Waals surface area contributed by atoms with Crippen LogP contribution in [0.2, 0.25) is 0 Å². The smallest absolute Gasteiger partial charge is 0.251 e. The average molecular weight is 538 g/mol. The van der Waals surface area contributed by atoms with Gasteiger partial charge in [-0.1, -0.05) is 48.0 Å². The van der Waals surface area contributed by atoms with Crippen molar-refractivity contribution < 1.29 is 19.1 Å². The number of carbonyl (C=O) groups excluding carboxylic acids is 2. The predicted octanol–water partition coefficient (Wildman–Crippen LogP) is 5.67. The molecule has 4 aromatic rings. The molecule has 0 saturated heterocycles. The summed E-state index contributed by atoms with van der Waals surface area (Å²) in [5, 5.41) is 9.15. The number of ether oxygens (including phenoxy) is 2. The standard InChI is InChI=1S/C33H35N3O4/c1-23-7-6-9-26(21-23)32(37)36-30(33(38)35-20-19-34-27-13-17-28(39-3)18-14-27)22-25-11-15-29(16-12-25)40-31-10-5-4-8-24(31)2/h4-18,21,30,34H,19-20,22H2,1-3H3,(H,35,38)(H,36,37)/t30-/m0/s1. The van der Waals surface area contributed by atoms with Crippen LogP contribution in [0.1, 0.15) is 27.0 Å². The van der Waals surface area contributed by atoms with E-state index in [1.165, 1.54) is 0 Å². The van der Waals surface area contributed by atoms with Crippen molar-refractivity contribution in [1.29, 1.82) is 0 Å². The second-order valence-electron chi connectivity index (χ2n) is 9.56. The minimum atomic E-state index is -0.753. The van der Waals surface area contributed by atoms with Crippen LogP contribution in [0.5, 0.6) is 17.2 Å². The lowest BCUT2D eigenvalue weighted by Gasteiger charge is -2.19. The molecular weight excluding hydrogens is 502 g/mol. The summed E-state index contributed by atoms with van der Waals surface area (Å²) < 4.78 is 11.2.